The number of nitrogens with zero attached hydrogens (tertiary/aromatic N) is 1. The Kier molecular flexibility index (Phi) is 10.2. The van der Waals surface area contributed by atoms with Crippen LogP contribution in [-0.2, 0) is 11.3 Å². The molecule has 1 aromatic carbocycles. The summed E-state index contributed by atoms with van der Waals surface area (Å²) in [7, 11) is 1.63. The highest BCUT2D eigenvalue weighted by Crippen LogP contribution is 2.10. The van der Waals surface area contributed by atoms with Crippen molar-refractivity contribution in [1.82, 2.24) is 16.0 Å². The molecule has 0 aliphatic carbocycles. The molecule has 0 heterocycles. The molecular formula is C20H34N4O2. The van der Waals surface area contributed by atoms with E-state index in [4.69, 9.17) is 4.74 Å². The van der Waals surface area contributed by atoms with Crippen molar-refractivity contribution in [2.75, 3.05) is 20.2 Å². The fourth-order valence-corrected chi connectivity index (χ4v) is 2.36. The quantitative estimate of drug-likeness (QED) is 0.442. The van der Waals surface area contributed by atoms with Crippen molar-refractivity contribution in [2.24, 2.45) is 10.9 Å². The lowest BCUT2D eigenvalue weighted by Gasteiger charge is -2.18. The first-order chi connectivity index (χ1) is 12.4. The van der Waals surface area contributed by atoms with Crippen LogP contribution in [0.1, 0.15) is 46.1 Å². The average Bonchev–Trinajstić information content (AvgIpc) is 2.63. The molecule has 1 aromatic rings. The van der Waals surface area contributed by atoms with Gasteiger partial charge in [0, 0.05) is 19.1 Å². The second kappa shape index (κ2) is 12.2. The molecule has 6 nitrogen and oxygen atoms in total. The van der Waals surface area contributed by atoms with Crippen LogP contribution in [0.25, 0.3) is 0 Å². The van der Waals surface area contributed by atoms with Crippen LogP contribution >= 0.6 is 0 Å². The molecule has 1 rings (SSSR count). The Balaban J connectivity index is 2.44. The van der Waals surface area contributed by atoms with Crippen molar-refractivity contribution in [3.05, 3.63) is 29.8 Å². The summed E-state index contributed by atoms with van der Waals surface area (Å²) in [6.45, 7) is 9.93. The van der Waals surface area contributed by atoms with E-state index >= 15 is 0 Å². The average molecular weight is 363 g/mol. The van der Waals surface area contributed by atoms with Crippen LogP contribution in [0.5, 0.6) is 5.75 Å². The molecule has 26 heavy (non-hydrogen) atoms. The maximum atomic E-state index is 12.1. The van der Waals surface area contributed by atoms with Crippen molar-refractivity contribution in [2.45, 2.75) is 53.1 Å². The molecule has 0 aliphatic rings. The number of aliphatic imine (C=N–C) groups is 1. The highest BCUT2D eigenvalue weighted by Gasteiger charge is 2.07. The van der Waals surface area contributed by atoms with Crippen molar-refractivity contribution in [1.29, 1.82) is 0 Å². The molecule has 0 bridgehead atoms. The lowest BCUT2D eigenvalue weighted by atomic mass is 10.0. The number of methoxy groups -OCH3 is 1. The van der Waals surface area contributed by atoms with E-state index in [1.165, 1.54) is 0 Å². The van der Waals surface area contributed by atoms with Gasteiger partial charge in [0.05, 0.1) is 7.11 Å². The second-order valence-corrected chi connectivity index (χ2v) is 6.84. The van der Waals surface area contributed by atoms with Gasteiger partial charge in [-0.2, -0.15) is 0 Å². The summed E-state index contributed by atoms with van der Waals surface area (Å²) in [6, 6.07) is 7.95. The van der Waals surface area contributed by atoms with E-state index in [1.54, 1.807) is 7.11 Å². The Morgan fingerprint density at radius 1 is 1.12 bits per heavy atom. The van der Waals surface area contributed by atoms with Crippen LogP contribution in [0.4, 0.5) is 0 Å². The Hall–Kier alpha value is -2.24. The SMILES string of the molecule is CCNC(=NCC(=O)NCc1ccc(OC)cc1)NC(C)CCC(C)C. The van der Waals surface area contributed by atoms with Crippen molar-refractivity contribution >= 4 is 11.9 Å². The third kappa shape index (κ3) is 9.30. The third-order valence-corrected chi connectivity index (χ3v) is 3.93. The zero-order valence-electron chi connectivity index (χ0n) is 16.8. The number of amides is 1. The summed E-state index contributed by atoms with van der Waals surface area (Å²) in [4.78, 5) is 16.4. The largest absolute Gasteiger partial charge is 0.497 e. The minimum atomic E-state index is -0.104. The summed E-state index contributed by atoms with van der Waals surface area (Å²) < 4.78 is 5.13. The summed E-state index contributed by atoms with van der Waals surface area (Å²) in [6.07, 6.45) is 2.24. The number of benzene rings is 1. The van der Waals surface area contributed by atoms with Crippen LogP contribution < -0.4 is 20.7 Å². The van der Waals surface area contributed by atoms with Gasteiger partial charge in [0.1, 0.15) is 12.3 Å². The Morgan fingerprint density at radius 3 is 2.38 bits per heavy atom. The first-order valence-electron chi connectivity index (χ1n) is 9.39. The lowest BCUT2D eigenvalue weighted by Crippen LogP contribution is -2.43. The van der Waals surface area contributed by atoms with E-state index in [1.807, 2.05) is 31.2 Å². The number of guanidine groups is 1. The molecule has 146 valence electrons. The normalized spacial score (nSPS) is 12.6. The molecule has 0 fully saturated rings. The van der Waals surface area contributed by atoms with Gasteiger partial charge in [-0.15, -0.1) is 0 Å². The molecule has 0 saturated heterocycles. The Bertz CT molecular complexity index is 555. The fourth-order valence-electron chi connectivity index (χ4n) is 2.36. The van der Waals surface area contributed by atoms with Gasteiger partial charge in [-0.25, -0.2) is 4.99 Å². The van der Waals surface area contributed by atoms with E-state index in [0.29, 0.717) is 24.5 Å². The molecule has 0 spiro atoms. The summed E-state index contributed by atoms with van der Waals surface area (Å²) >= 11 is 0. The maximum absolute atomic E-state index is 12.1. The van der Waals surface area contributed by atoms with Crippen LogP contribution in [-0.4, -0.2) is 38.1 Å². The minimum absolute atomic E-state index is 0.0996. The first-order valence-corrected chi connectivity index (χ1v) is 9.39. The zero-order valence-corrected chi connectivity index (χ0v) is 16.8. The first kappa shape index (κ1) is 21.8. The van der Waals surface area contributed by atoms with Gasteiger partial charge in [-0.05, 0) is 50.3 Å². The van der Waals surface area contributed by atoms with Gasteiger partial charge in [-0.1, -0.05) is 26.0 Å². The minimum Gasteiger partial charge on any atom is -0.497 e. The monoisotopic (exact) mass is 362 g/mol. The number of rotatable bonds is 10. The molecule has 1 atom stereocenters. The van der Waals surface area contributed by atoms with Crippen LogP contribution in [0.15, 0.2) is 29.3 Å². The van der Waals surface area contributed by atoms with Gasteiger partial charge in [-0.3, -0.25) is 4.79 Å². The molecule has 1 amide bonds. The van der Waals surface area contributed by atoms with Gasteiger partial charge < -0.3 is 20.7 Å². The van der Waals surface area contributed by atoms with E-state index in [0.717, 1.165) is 30.7 Å². The van der Waals surface area contributed by atoms with Crippen LogP contribution in [0.2, 0.25) is 0 Å². The van der Waals surface area contributed by atoms with Gasteiger partial charge in [0.15, 0.2) is 5.96 Å². The summed E-state index contributed by atoms with van der Waals surface area (Å²) in [5, 5.41) is 9.43. The van der Waals surface area contributed by atoms with Gasteiger partial charge >= 0.3 is 0 Å². The Labute approximate surface area is 157 Å². The number of carbonyl (C=O) groups excluding carboxylic acids is 1. The third-order valence-electron chi connectivity index (χ3n) is 3.93. The fraction of sp³-hybridized carbons (Fsp3) is 0.600. The number of hydrogen-bond acceptors (Lipinski definition) is 3. The Morgan fingerprint density at radius 2 is 1.81 bits per heavy atom. The smallest absolute Gasteiger partial charge is 0.242 e. The maximum Gasteiger partial charge on any atom is 0.242 e. The molecule has 0 radical (unpaired) electrons. The van der Waals surface area contributed by atoms with Gasteiger partial charge in [0.25, 0.3) is 0 Å². The predicted molar refractivity (Wildman–Crippen MR) is 107 cm³/mol. The lowest BCUT2D eigenvalue weighted by molar-refractivity contribution is -0.119. The zero-order chi connectivity index (χ0) is 19.4. The number of carbonyl (C=O) groups is 1. The van der Waals surface area contributed by atoms with E-state index < -0.39 is 0 Å². The highest BCUT2D eigenvalue weighted by molar-refractivity contribution is 5.85. The van der Waals surface area contributed by atoms with Crippen molar-refractivity contribution < 1.29 is 9.53 Å². The number of ether oxygens (including phenoxy) is 1. The topological polar surface area (TPSA) is 74.8 Å². The van der Waals surface area contributed by atoms with E-state index in [9.17, 15) is 4.79 Å². The van der Waals surface area contributed by atoms with E-state index in [2.05, 4.69) is 41.7 Å². The number of hydrogen-bond donors (Lipinski definition) is 3. The second-order valence-electron chi connectivity index (χ2n) is 6.84. The number of nitrogens with one attached hydrogen (secondary N) is 3. The van der Waals surface area contributed by atoms with Crippen LogP contribution in [0.3, 0.4) is 0 Å². The van der Waals surface area contributed by atoms with Crippen molar-refractivity contribution in [3.63, 3.8) is 0 Å². The summed E-state index contributed by atoms with van der Waals surface area (Å²) in [5.74, 6) is 2.07. The molecule has 6 heteroatoms. The van der Waals surface area contributed by atoms with Crippen LogP contribution in [0, 0.1) is 5.92 Å². The molecule has 1 unspecified atom stereocenters. The van der Waals surface area contributed by atoms with E-state index in [-0.39, 0.29) is 12.5 Å². The van der Waals surface area contributed by atoms with Crippen molar-refractivity contribution in [3.8, 4) is 5.75 Å². The molecule has 3 N–H and O–H groups in total. The standard InChI is InChI=1S/C20H34N4O2/c1-6-21-20(24-16(4)8-7-15(2)3)23-14-19(25)22-13-17-9-11-18(26-5)12-10-17/h9-12,15-16H,6-8,13-14H2,1-5H3,(H,22,25)(H2,21,23,24). The molecule has 0 aliphatic heterocycles. The molecular weight excluding hydrogens is 328 g/mol. The predicted octanol–water partition coefficient (Wildman–Crippen LogP) is 2.69. The van der Waals surface area contributed by atoms with Gasteiger partial charge in [0.2, 0.25) is 5.91 Å². The highest BCUT2D eigenvalue weighted by atomic mass is 16.5. The molecule has 0 saturated carbocycles. The molecule has 0 aromatic heterocycles. The summed E-state index contributed by atoms with van der Waals surface area (Å²) in [5.41, 5.74) is 1.02.